The van der Waals surface area contributed by atoms with Gasteiger partial charge in [0, 0.05) is 0 Å². The van der Waals surface area contributed by atoms with E-state index in [1.165, 1.54) is 79.9 Å². The zero-order valence-electron chi connectivity index (χ0n) is 30.1. The molecule has 232 valence electrons. The molecule has 3 aromatic rings. The summed E-state index contributed by atoms with van der Waals surface area (Å²) in [4.78, 5) is 0. The quantitative estimate of drug-likeness (QED) is 0.178. The van der Waals surface area contributed by atoms with Gasteiger partial charge in [-0.1, -0.05) is 111 Å². The van der Waals surface area contributed by atoms with Crippen LogP contribution in [0.2, 0.25) is 0 Å². The third-order valence-electron chi connectivity index (χ3n) is 8.48. The minimum Gasteiger partial charge on any atom is -0.266 e. The van der Waals surface area contributed by atoms with Crippen LogP contribution in [0, 0.1) is 23.5 Å². The van der Waals surface area contributed by atoms with Crippen LogP contribution in [-0.2, 0) is 46.9 Å². The van der Waals surface area contributed by atoms with E-state index < -0.39 is 0 Å². The third kappa shape index (κ3) is 9.45. The van der Waals surface area contributed by atoms with Gasteiger partial charge in [-0.3, -0.25) is 6.08 Å². The number of hydrogen-bond acceptors (Lipinski definition) is 0. The number of allylic oxidation sites excluding steroid dienone is 4. The van der Waals surface area contributed by atoms with Gasteiger partial charge in [0.15, 0.2) is 0 Å². The molecule has 1 atom stereocenters. The van der Waals surface area contributed by atoms with Crippen molar-refractivity contribution < 1.29 is 24.2 Å². The van der Waals surface area contributed by atoms with Crippen LogP contribution in [0.1, 0.15) is 130 Å². The van der Waals surface area contributed by atoms with E-state index in [0.717, 1.165) is 6.42 Å². The summed E-state index contributed by atoms with van der Waals surface area (Å²) < 4.78 is 2.21. The van der Waals surface area contributed by atoms with Crippen LogP contribution in [0.15, 0.2) is 71.8 Å². The summed E-state index contributed by atoms with van der Waals surface area (Å²) in [5.74, 6) is 0.518. The molecule has 44 heavy (non-hydrogen) atoms. The average molecular weight is 664 g/mol. The molecule has 0 amide bonds. The predicted molar refractivity (Wildman–Crippen MR) is 190 cm³/mol. The standard InChI is InChI=1S/C21H25.C11H17.C11H14.Zr/c1-20(2,3)16-7-9-18-14(12-16)11-15-13-17(21(4,5)6)8-10-19(15)18;1-8-6-9(2)10(7-8)11(3,4)5;1-9-5-7-10(8-6-9)11(2,3)4;/h7-10,12H,11H2,1-6H3;7-8H,1-5H3;1,5-8H,2-4H3;/q2*-1;;+2. The molecule has 0 fully saturated rings. The molecule has 3 aromatic carbocycles. The molecule has 0 nitrogen and oxygen atoms in total. The normalized spacial score (nSPS) is 16.0. The van der Waals surface area contributed by atoms with Crippen molar-refractivity contribution in [2.45, 2.75) is 120 Å². The summed E-state index contributed by atoms with van der Waals surface area (Å²) in [7, 11) is 0. The van der Waals surface area contributed by atoms with Crippen molar-refractivity contribution in [3.8, 4) is 11.1 Å². The first-order valence-corrected chi connectivity index (χ1v) is 17.7. The second-order valence-electron chi connectivity index (χ2n) is 16.7. The molecule has 0 aliphatic heterocycles. The van der Waals surface area contributed by atoms with Gasteiger partial charge in [-0.05, 0) is 28.4 Å². The van der Waals surface area contributed by atoms with E-state index in [1.807, 2.05) is 0 Å². The summed E-state index contributed by atoms with van der Waals surface area (Å²) in [5.41, 5.74) is 14.8. The molecule has 0 N–H and O–H groups in total. The van der Waals surface area contributed by atoms with Crippen LogP contribution in [0.25, 0.3) is 11.1 Å². The molecule has 2 aliphatic rings. The molecule has 0 saturated carbocycles. The first-order valence-electron chi connectivity index (χ1n) is 16.2. The second-order valence-corrected chi connectivity index (χ2v) is 17.4. The summed E-state index contributed by atoms with van der Waals surface area (Å²) in [6.45, 7) is 31.4. The Hall–Kier alpha value is -2.11. The third-order valence-corrected chi connectivity index (χ3v) is 9.30. The van der Waals surface area contributed by atoms with Crippen molar-refractivity contribution in [3.05, 3.63) is 117 Å². The number of hydrogen-bond donors (Lipinski definition) is 0. The summed E-state index contributed by atoms with van der Waals surface area (Å²) >= 11 is 1.46. The maximum Gasteiger partial charge on any atom is -0.0716 e. The minimum absolute atomic E-state index is 0.167. The molecular formula is C43H56Zr. The fraction of sp³-hybridized carbons (Fsp3) is 0.465. The number of rotatable bonds is 1. The monoisotopic (exact) mass is 662 g/mol. The Bertz CT molecular complexity index is 1450. The van der Waals surface area contributed by atoms with Crippen LogP contribution < -0.4 is 0 Å². The smallest absolute Gasteiger partial charge is 0.0716 e. The van der Waals surface area contributed by atoms with Crippen molar-refractivity contribution in [1.82, 2.24) is 0 Å². The molecule has 0 aromatic heterocycles. The first kappa shape index (κ1) is 36.4. The van der Waals surface area contributed by atoms with Gasteiger partial charge in [0.2, 0.25) is 0 Å². The zero-order chi connectivity index (χ0) is 33.3. The molecule has 0 saturated heterocycles. The Balaban J connectivity index is 0.000000196. The summed E-state index contributed by atoms with van der Waals surface area (Å²) in [6, 6.07) is 24.0. The SMILES string of the molecule is CC(C)(C)c1[c-]c2c(cc1)-c1ccc(C(C)(C)C)cc1C2.CC(C)(C)c1ccc([CH]=[Zr+2])cc1.CC1=[C-]C(C)C=C1C(C)(C)C. The Morgan fingerprint density at radius 1 is 0.682 bits per heavy atom. The molecule has 0 bridgehead atoms. The Kier molecular flexibility index (Phi) is 11.3. The Morgan fingerprint density at radius 3 is 1.66 bits per heavy atom. The van der Waals surface area contributed by atoms with Gasteiger partial charge in [0.1, 0.15) is 0 Å². The summed E-state index contributed by atoms with van der Waals surface area (Å²) in [6.07, 6.45) is 6.74. The van der Waals surface area contributed by atoms with Crippen LogP contribution in [0.5, 0.6) is 0 Å². The number of fused-ring (bicyclic) bond motifs is 3. The van der Waals surface area contributed by atoms with Crippen molar-refractivity contribution in [1.29, 1.82) is 0 Å². The number of benzene rings is 3. The van der Waals surface area contributed by atoms with Gasteiger partial charge < -0.3 is 0 Å². The maximum absolute atomic E-state index is 3.67. The van der Waals surface area contributed by atoms with E-state index in [-0.39, 0.29) is 16.2 Å². The van der Waals surface area contributed by atoms with Crippen molar-refractivity contribution in [2.24, 2.45) is 11.3 Å². The fourth-order valence-electron chi connectivity index (χ4n) is 5.76. The molecule has 0 spiro atoms. The molecule has 2 aliphatic carbocycles. The predicted octanol–water partition coefficient (Wildman–Crippen LogP) is 11.7. The van der Waals surface area contributed by atoms with E-state index in [4.69, 9.17) is 0 Å². The van der Waals surface area contributed by atoms with E-state index in [1.54, 1.807) is 0 Å². The van der Waals surface area contributed by atoms with E-state index in [0.29, 0.717) is 11.3 Å². The second kappa shape index (κ2) is 13.7. The Morgan fingerprint density at radius 2 is 1.23 bits per heavy atom. The van der Waals surface area contributed by atoms with Crippen LogP contribution in [0.3, 0.4) is 0 Å². The molecule has 1 unspecified atom stereocenters. The molecule has 5 rings (SSSR count). The van der Waals surface area contributed by atoms with Crippen LogP contribution >= 0.6 is 0 Å². The van der Waals surface area contributed by atoms with E-state index in [2.05, 4.69) is 173 Å². The van der Waals surface area contributed by atoms with Gasteiger partial charge in [-0.25, -0.2) is 5.57 Å². The van der Waals surface area contributed by atoms with E-state index in [9.17, 15) is 0 Å². The molecular weight excluding hydrogens is 608 g/mol. The van der Waals surface area contributed by atoms with Crippen LogP contribution in [0.4, 0.5) is 0 Å². The van der Waals surface area contributed by atoms with Gasteiger partial charge in [-0.2, -0.15) is 35.4 Å². The summed E-state index contributed by atoms with van der Waals surface area (Å²) in [5, 5.41) is 0. The topological polar surface area (TPSA) is 0 Å². The van der Waals surface area contributed by atoms with Gasteiger partial charge >= 0.3 is 89.5 Å². The van der Waals surface area contributed by atoms with Gasteiger partial charge in [-0.15, -0.1) is 11.1 Å². The Labute approximate surface area is 285 Å². The molecule has 0 radical (unpaired) electrons. The molecule has 1 heteroatoms. The van der Waals surface area contributed by atoms with E-state index >= 15 is 0 Å². The van der Waals surface area contributed by atoms with Crippen molar-refractivity contribution in [2.75, 3.05) is 0 Å². The molecule has 0 heterocycles. The first-order chi connectivity index (χ1) is 20.1. The van der Waals surface area contributed by atoms with Crippen molar-refractivity contribution in [3.63, 3.8) is 0 Å². The van der Waals surface area contributed by atoms with Crippen molar-refractivity contribution >= 4 is 3.71 Å². The zero-order valence-corrected chi connectivity index (χ0v) is 32.6. The largest absolute Gasteiger partial charge is 0.266 e. The average Bonchev–Trinajstić information content (AvgIpc) is 3.45. The maximum atomic E-state index is 3.67. The van der Waals surface area contributed by atoms with Gasteiger partial charge in [0.25, 0.3) is 0 Å². The van der Waals surface area contributed by atoms with Crippen LogP contribution in [-0.4, -0.2) is 3.71 Å². The minimum atomic E-state index is 0.167. The fourth-order valence-corrected chi connectivity index (χ4v) is 6.23. The van der Waals surface area contributed by atoms with Gasteiger partial charge in [0.05, 0.1) is 0 Å².